The lowest BCUT2D eigenvalue weighted by molar-refractivity contribution is -0.149. The van der Waals surface area contributed by atoms with Gasteiger partial charge >= 0.3 is 5.97 Å². The Hall–Kier alpha value is -2.90. The number of carbonyl (C=O) groups is 4. The van der Waals surface area contributed by atoms with Gasteiger partial charge in [0.25, 0.3) is 5.91 Å². The van der Waals surface area contributed by atoms with E-state index in [4.69, 9.17) is 4.74 Å². The van der Waals surface area contributed by atoms with Gasteiger partial charge in [-0.3, -0.25) is 19.2 Å². The normalized spacial score (nSPS) is 11.4. The zero-order valence-electron chi connectivity index (χ0n) is 15.2. The van der Waals surface area contributed by atoms with E-state index in [1.807, 2.05) is 6.07 Å². The van der Waals surface area contributed by atoms with E-state index >= 15 is 0 Å². The highest BCUT2D eigenvalue weighted by Crippen LogP contribution is 2.17. The van der Waals surface area contributed by atoms with E-state index in [-0.39, 0.29) is 30.8 Å². The fourth-order valence-electron chi connectivity index (χ4n) is 2.16. The van der Waals surface area contributed by atoms with Gasteiger partial charge < -0.3 is 20.7 Å². The second-order valence-corrected chi connectivity index (χ2v) is 6.03. The number of hydrogen-bond acceptors (Lipinski definition) is 5. The number of nitrogens with one attached hydrogen (secondary N) is 3. The van der Waals surface area contributed by atoms with Crippen LogP contribution < -0.4 is 16.0 Å². The molecule has 1 aromatic rings. The first kappa shape index (κ1) is 21.1. The summed E-state index contributed by atoms with van der Waals surface area (Å²) < 4.78 is 4.92. The topological polar surface area (TPSA) is 114 Å². The van der Waals surface area contributed by atoms with Crippen molar-refractivity contribution in [2.75, 3.05) is 13.2 Å². The summed E-state index contributed by atoms with van der Waals surface area (Å²) in [6.45, 7) is 4.29. The van der Waals surface area contributed by atoms with E-state index in [0.717, 1.165) is 5.56 Å². The first-order valence-electron chi connectivity index (χ1n) is 8.31. The molecule has 0 aliphatic heterocycles. The molecule has 0 radical (unpaired) electrons. The van der Waals surface area contributed by atoms with Crippen LogP contribution in [-0.2, 0) is 23.9 Å². The molecule has 0 spiro atoms. The van der Waals surface area contributed by atoms with Crippen molar-refractivity contribution in [3.8, 4) is 0 Å². The minimum Gasteiger partial charge on any atom is -0.456 e. The molecule has 1 aromatic carbocycles. The smallest absolute Gasteiger partial charge is 0.308 e. The molecule has 1 atom stereocenters. The van der Waals surface area contributed by atoms with E-state index in [1.165, 1.54) is 6.92 Å². The number of benzene rings is 1. The van der Waals surface area contributed by atoms with Crippen LogP contribution in [0.4, 0.5) is 0 Å². The molecule has 0 bridgehead atoms. The minimum atomic E-state index is -0.630. The molecule has 0 saturated carbocycles. The third-order valence-corrected chi connectivity index (χ3v) is 3.21. The van der Waals surface area contributed by atoms with Gasteiger partial charge in [0.05, 0.1) is 19.0 Å². The van der Waals surface area contributed by atoms with Gasteiger partial charge in [-0.05, 0) is 19.4 Å². The molecule has 3 N–H and O–H groups in total. The third kappa shape index (κ3) is 8.81. The summed E-state index contributed by atoms with van der Waals surface area (Å²) in [6, 6.07) is 8.42. The number of rotatable bonds is 9. The van der Waals surface area contributed by atoms with E-state index in [9.17, 15) is 19.2 Å². The first-order valence-corrected chi connectivity index (χ1v) is 8.31. The summed E-state index contributed by atoms with van der Waals surface area (Å²) in [4.78, 5) is 46.4. The lowest BCUT2D eigenvalue weighted by atomic mass is 10.0. The Morgan fingerprint density at radius 3 is 2.23 bits per heavy atom. The SMILES string of the molecule is CC(=O)N[C@@H](CC(=O)OCC(=O)NCC(=O)NC(C)C)c1ccccc1. The summed E-state index contributed by atoms with van der Waals surface area (Å²) in [5.74, 6) is -1.81. The molecule has 3 amide bonds. The predicted octanol–water partition coefficient (Wildman–Crippen LogP) is 0.438. The van der Waals surface area contributed by atoms with Gasteiger partial charge in [0, 0.05) is 13.0 Å². The van der Waals surface area contributed by atoms with Crippen molar-refractivity contribution in [2.45, 2.75) is 39.3 Å². The van der Waals surface area contributed by atoms with Crippen molar-refractivity contribution in [3.05, 3.63) is 35.9 Å². The highest BCUT2D eigenvalue weighted by molar-refractivity contribution is 5.86. The number of esters is 1. The minimum absolute atomic E-state index is 0.0269. The molecule has 1 rings (SSSR count). The van der Waals surface area contributed by atoms with Crippen LogP contribution in [0.2, 0.25) is 0 Å². The Bertz CT molecular complexity index is 631. The van der Waals surface area contributed by atoms with E-state index in [0.29, 0.717) is 0 Å². The predicted molar refractivity (Wildman–Crippen MR) is 94.9 cm³/mol. The number of ether oxygens (including phenoxy) is 1. The molecule has 0 aliphatic rings. The van der Waals surface area contributed by atoms with Gasteiger partial charge in [-0.2, -0.15) is 0 Å². The van der Waals surface area contributed by atoms with Gasteiger partial charge in [-0.15, -0.1) is 0 Å². The molecule has 0 heterocycles. The molecule has 8 heteroatoms. The van der Waals surface area contributed by atoms with Crippen molar-refractivity contribution in [1.29, 1.82) is 0 Å². The third-order valence-electron chi connectivity index (χ3n) is 3.21. The Morgan fingerprint density at radius 2 is 1.65 bits per heavy atom. The number of amides is 3. The van der Waals surface area contributed by atoms with Crippen LogP contribution in [0.25, 0.3) is 0 Å². The second kappa shape index (κ2) is 10.9. The molecular weight excluding hydrogens is 338 g/mol. The van der Waals surface area contributed by atoms with Crippen LogP contribution in [-0.4, -0.2) is 42.9 Å². The van der Waals surface area contributed by atoms with Crippen molar-refractivity contribution >= 4 is 23.7 Å². The largest absolute Gasteiger partial charge is 0.456 e. The van der Waals surface area contributed by atoms with Crippen molar-refractivity contribution in [2.24, 2.45) is 0 Å². The average molecular weight is 363 g/mol. The van der Waals surface area contributed by atoms with Crippen LogP contribution in [0.1, 0.15) is 38.8 Å². The quantitative estimate of drug-likeness (QED) is 0.551. The summed E-state index contributed by atoms with van der Waals surface area (Å²) in [5.41, 5.74) is 0.759. The zero-order valence-corrected chi connectivity index (χ0v) is 15.2. The summed E-state index contributed by atoms with van der Waals surface area (Å²) in [6.07, 6.45) is -0.106. The first-order chi connectivity index (χ1) is 12.3. The van der Waals surface area contributed by atoms with Crippen LogP contribution in [0, 0.1) is 0 Å². The van der Waals surface area contributed by atoms with Crippen LogP contribution in [0.15, 0.2) is 30.3 Å². The molecule has 0 unspecified atom stereocenters. The Kier molecular flexibility index (Phi) is 8.83. The Balaban J connectivity index is 2.44. The van der Waals surface area contributed by atoms with Gasteiger partial charge in [-0.1, -0.05) is 30.3 Å². The molecular formula is C18H25N3O5. The van der Waals surface area contributed by atoms with Crippen molar-refractivity contribution in [3.63, 3.8) is 0 Å². The molecule has 0 fully saturated rings. The van der Waals surface area contributed by atoms with Crippen molar-refractivity contribution < 1.29 is 23.9 Å². The van der Waals surface area contributed by atoms with E-state index in [1.54, 1.807) is 38.1 Å². The van der Waals surface area contributed by atoms with Crippen LogP contribution >= 0.6 is 0 Å². The Labute approximate surface area is 152 Å². The van der Waals surface area contributed by atoms with Gasteiger partial charge in [0.15, 0.2) is 6.61 Å². The van der Waals surface area contributed by atoms with Crippen molar-refractivity contribution in [1.82, 2.24) is 16.0 Å². The van der Waals surface area contributed by atoms with Gasteiger partial charge in [0.2, 0.25) is 11.8 Å². The average Bonchev–Trinajstić information content (AvgIpc) is 2.57. The standard InChI is InChI=1S/C18H25N3O5/c1-12(2)20-16(23)10-19-17(24)11-26-18(25)9-15(21-13(3)22)14-7-5-4-6-8-14/h4-8,12,15H,9-11H2,1-3H3,(H,19,24)(H,20,23)(H,21,22)/t15-/m0/s1. The number of hydrogen-bond donors (Lipinski definition) is 3. The molecule has 0 aliphatic carbocycles. The van der Waals surface area contributed by atoms with Gasteiger partial charge in [-0.25, -0.2) is 0 Å². The molecule has 0 aromatic heterocycles. The maximum absolute atomic E-state index is 12.0. The molecule has 0 saturated heterocycles. The lowest BCUT2D eigenvalue weighted by Crippen LogP contribution is -2.41. The monoisotopic (exact) mass is 363 g/mol. The maximum atomic E-state index is 12.0. The molecule has 26 heavy (non-hydrogen) atoms. The van der Waals surface area contributed by atoms with E-state index < -0.39 is 24.5 Å². The second-order valence-electron chi connectivity index (χ2n) is 6.03. The maximum Gasteiger partial charge on any atom is 0.308 e. The fraction of sp³-hybridized carbons (Fsp3) is 0.444. The Morgan fingerprint density at radius 1 is 1.00 bits per heavy atom. The molecule has 8 nitrogen and oxygen atoms in total. The highest BCUT2D eigenvalue weighted by Gasteiger charge is 2.18. The summed E-state index contributed by atoms with van der Waals surface area (Å²) in [5, 5.41) is 7.67. The van der Waals surface area contributed by atoms with Gasteiger partial charge in [0.1, 0.15) is 0 Å². The fourth-order valence-corrected chi connectivity index (χ4v) is 2.16. The highest BCUT2D eigenvalue weighted by atomic mass is 16.5. The molecule has 142 valence electrons. The zero-order chi connectivity index (χ0) is 19.5. The van der Waals surface area contributed by atoms with Crippen LogP contribution in [0.3, 0.4) is 0 Å². The van der Waals surface area contributed by atoms with Crippen LogP contribution in [0.5, 0.6) is 0 Å². The number of carbonyl (C=O) groups excluding carboxylic acids is 4. The van der Waals surface area contributed by atoms with E-state index in [2.05, 4.69) is 16.0 Å². The summed E-state index contributed by atoms with van der Waals surface area (Å²) >= 11 is 0. The lowest BCUT2D eigenvalue weighted by Gasteiger charge is -2.17. The summed E-state index contributed by atoms with van der Waals surface area (Å²) in [7, 11) is 0.